The predicted molar refractivity (Wildman–Crippen MR) is 121 cm³/mol. The fourth-order valence-corrected chi connectivity index (χ4v) is 4.08. The molecule has 2 amide bonds. The van der Waals surface area contributed by atoms with Crippen molar-refractivity contribution in [1.82, 2.24) is 15.2 Å². The highest BCUT2D eigenvalue weighted by Crippen LogP contribution is 2.25. The van der Waals surface area contributed by atoms with E-state index in [9.17, 15) is 14.4 Å². The Morgan fingerprint density at radius 1 is 1.07 bits per heavy atom. The Hall–Kier alpha value is -2.93. The smallest absolute Gasteiger partial charge is 0.257 e. The highest BCUT2D eigenvalue weighted by atomic mass is 32.1. The Kier molecular flexibility index (Phi) is 7.05. The fourth-order valence-electron chi connectivity index (χ4n) is 3.08. The van der Waals surface area contributed by atoms with Crippen LogP contribution in [0, 0.1) is 0 Å². The number of rotatable bonds is 8. The molecule has 0 aliphatic rings. The second-order valence-corrected chi connectivity index (χ2v) is 8.67. The molecule has 7 heteroatoms. The van der Waals surface area contributed by atoms with E-state index in [-0.39, 0.29) is 17.2 Å². The second kappa shape index (κ2) is 9.71. The maximum Gasteiger partial charge on any atom is 0.257 e. The lowest BCUT2D eigenvalue weighted by molar-refractivity contribution is 0.0948. The molecular weight excluding hydrogens is 398 g/mol. The first-order valence-corrected chi connectivity index (χ1v) is 11.0. The number of unbranched alkanes of at least 4 members (excludes halogenated alkanes) is 1. The molecule has 2 heterocycles. The van der Waals surface area contributed by atoms with Crippen LogP contribution in [0.5, 0.6) is 0 Å². The Labute approximate surface area is 179 Å². The van der Waals surface area contributed by atoms with Crippen molar-refractivity contribution in [1.29, 1.82) is 0 Å². The topological polar surface area (TPSA) is 80.2 Å². The van der Waals surface area contributed by atoms with Gasteiger partial charge in [-0.3, -0.25) is 14.4 Å². The molecule has 0 aliphatic carbocycles. The molecule has 0 saturated heterocycles. The van der Waals surface area contributed by atoms with Crippen LogP contribution in [0.25, 0.3) is 10.1 Å². The van der Waals surface area contributed by atoms with Gasteiger partial charge in [-0.2, -0.15) is 0 Å². The maximum atomic E-state index is 12.9. The average Bonchev–Trinajstić information content (AvgIpc) is 3.15. The van der Waals surface area contributed by atoms with E-state index in [0.29, 0.717) is 13.1 Å². The summed E-state index contributed by atoms with van der Waals surface area (Å²) in [6.45, 7) is 6.72. The summed E-state index contributed by atoms with van der Waals surface area (Å²) in [6, 6.07) is 10.0. The normalized spacial score (nSPS) is 11.1. The van der Waals surface area contributed by atoms with Gasteiger partial charge in [-0.25, -0.2) is 0 Å². The van der Waals surface area contributed by atoms with Gasteiger partial charge in [-0.1, -0.05) is 31.5 Å². The van der Waals surface area contributed by atoms with E-state index < -0.39 is 17.2 Å². The van der Waals surface area contributed by atoms with Crippen molar-refractivity contribution in [2.75, 3.05) is 6.54 Å². The van der Waals surface area contributed by atoms with Crippen LogP contribution in [0.3, 0.4) is 0 Å². The molecule has 6 nitrogen and oxygen atoms in total. The lowest BCUT2D eigenvalue weighted by Gasteiger charge is -2.15. The first-order valence-electron chi connectivity index (χ1n) is 10.2. The van der Waals surface area contributed by atoms with Gasteiger partial charge in [0.2, 0.25) is 5.43 Å². The molecule has 0 unspecified atom stereocenters. The van der Waals surface area contributed by atoms with Crippen molar-refractivity contribution >= 4 is 33.2 Å². The molecule has 158 valence electrons. The number of hydrogen-bond acceptors (Lipinski definition) is 4. The van der Waals surface area contributed by atoms with Crippen LogP contribution < -0.4 is 16.1 Å². The van der Waals surface area contributed by atoms with Gasteiger partial charge in [-0.05, 0) is 37.8 Å². The van der Waals surface area contributed by atoms with Gasteiger partial charge in [-0.15, -0.1) is 11.3 Å². The quantitative estimate of drug-likeness (QED) is 0.533. The molecule has 0 fully saturated rings. The summed E-state index contributed by atoms with van der Waals surface area (Å²) in [4.78, 5) is 39.2. The number of thiophene rings is 1. The number of nitrogens with zero attached hydrogens (tertiary/aromatic N) is 1. The van der Waals surface area contributed by atoms with Crippen LogP contribution in [0.1, 0.15) is 65.2 Å². The SMILES string of the molecule is CCCCNC(=O)c1cn(C(C)C)cc(C(=O)NCc2cc3ccccc3s2)c1=O. The minimum absolute atomic E-state index is 0.00179. The van der Waals surface area contributed by atoms with Gasteiger partial charge in [0.25, 0.3) is 11.8 Å². The Bertz CT molecular complexity index is 1080. The zero-order chi connectivity index (χ0) is 21.7. The van der Waals surface area contributed by atoms with Gasteiger partial charge in [0.05, 0.1) is 6.54 Å². The average molecular weight is 426 g/mol. The Balaban J connectivity index is 1.82. The van der Waals surface area contributed by atoms with E-state index in [0.717, 1.165) is 27.8 Å². The van der Waals surface area contributed by atoms with Crippen molar-refractivity contribution in [3.05, 3.63) is 69.0 Å². The third-order valence-electron chi connectivity index (χ3n) is 4.85. The van der Waals surface area contributed by atoms with Crippen molar-refractivity contribution in [2.24, 2.45) is 0 Å². The van der Waals surface area contributed by atoms with Crippen LogP contribution in [-0.2, 0) is 6.54 Å². The monoisotopic (exact) mass is 425 g/mol. The van der Waals surface area contributed by atoms with Gasteiger partial charge >= 0.3 is 0 Å². The maximum absolute atomic E-state index is 12.9. The third-order valence-corrected chi connectivity index (χ3v) is 5.96. The molecule has 1 aromatic carbocycles. The summed E-state index contributed by atoms with van der Waals surface area (Å²) < 4.78 is 2.87. The summed E-state index contributed by atoms with van der Waals surface area (Å²) in [5, 5.41) is 6.72. The molecule has 2 aromatic heterocycles. The first-order chi connectivity index (χ1) is 14.4. The molecule has 3 aromatic rings. The number of fused-ring (bicyclic) bond motifs is 1. The van der Waals surface area contributed by atoms with Crippen molar-refractivity contribution in [3.8, 4) is 0 Å². The molecule has 0 aliphatic heterocycles. The van der Waals surface area contributed by atoms with Gasteiger partial charge in [0.15, 0.2) is 0 Å². The Morgan fingerprint density at radius 2 is 1.73 bits per heavy atom. The molecule has 0 bridgehead atoms. The lowest BCUT2D eigenvalue weighted by Crippen LogP contribution is -2.35. The molecule has 0 spiro atoms. The number of pyridine rings is 1. The van der Waals surface area contributed by atoms with E-state index in [1.54, 1.807) is 15.9 Å². The van der Waals surface area contributed by atoms with Crippen LogP contribution in [0.2, 0.25) is 0 Å². The molecule has 3 rings (SSSR count). The molecular formula is C23H27N3O3S. The standard InChI is InChI=1S/C23H27N3O3S/c1-4-5-10-24-22(28)18-13-26(15(2)3)14-19(21(18)27)23(29)25-12-17-11-16-8-6-7-9-20(16)30-17/h6-9,11,13-15H,4-5,10,12H2,1-3H3,(H,24,28)(H,25,29). The lowest BCUT2D eigenvalue weighted by atomic mass is 10.1. The molecule has 0 atom stereocenters. The van der Waals surface area contributed by atoms with E-state index in [1.807, 2.05) is 51.1 Å². The third kappa shape index (κ3) is 4.97. The van der Waals surface area contributed by atoms with Crippen molar-refractivity contribution < 1.29 is 9.59 Å². The first kappa shape index (κ1) is 21.8. The van der Waals surface area contributed by atoms with Gasteiger partial charge in [0, 0.05) is 34.6 Å². The molecule has 0 radical (unpaired) electrons. The zero-order valence-electron chi connectivity index (χ0n) is 17.5. The van der Waals surface area contributed by atoms with Crippen LogP contribution in [0.4, 0.5) is 0 Å². The minimum atomic E-state index is -0.547. The van der Waals surface area contributed by atoms with Crippen LogP contribution in [0.15, 0.2) is 47.5 Å². The molecule has 2 N–H and O–H groups in total. The summed E-state index contributed by atoms with van der Waals surface area (Å²) >= 11 is 1.60. The summed E-state index contributed by atoms with van der Waals surface area (Å²) in [5.41, 5.74) is -0.572. The number of aromatic nitrogens is 1. The van der Waals surface area contributed by atoms with E-state index in [2.05, 4.69) is 10.6 Å². The van der Waals surface area contributed by atoms with Gasteiger partial charge < -0.3 is 15.2 Å². The number of benzene rings is 1. The van der Waals surface area contributed by atoms with Crippen LogP contribution >= 0.6 is 11.3 Å². The largest absolute Gasteiger partial charge is 0.352 e. The summed E-state index contributed by atoms with van der Waals surface area (Å²) in [7, 11) is 0. The van der Waals surface area contributed by atoms with Crippen LogP contribution in [-0.4, -0.2) is 22.9 Å². The molecule has 30 heavy (non-hydrogen) atoms. The molecule has 0 saturated carbocycles. The highest BCUT2D eigenvalue weighted by molar-refractivity contribution is 7.19. The number of amides is 2. The number of carbonyl (C=O) groups is 2. The van der Waals surface area contributed by atoms with E-state index >= 15 is 0 Å². The van der Waals surface area contributed by atoms with E-state index in [4.69, 9.17) is 0 Å². The second-order valence-electron chi connectivity index (χ2n) is 7.50. The Morgan fingerprint density at radius 3 is 2.37 bits per heavy atom. The number of hydrogen-bond donors (Lipinski definition) is 2. The van der Waals surface area contributed by atoms with E-state index in [1.165, 1.54) is 12.4 Å². The number of nitrogens with one attached hydrogen (secondary N) is 2. The predicted octanol–water partition coefficient (Wildman–Crippen LogP) is 4.10. The van der Waals surface area contributed by atoms with Crippen molar-refractivity contribution in [3.63, 3.8) is 0 Å². The summed E-state index contributed by atoms with van der Waals surface area (Å²) in [6.07, 6.45) is 4.82. The van der Waals surface area contributed by atoms with Gasteiger partial charge in [0.1, 0.15) is 11.1 Å². The number of carbonyl (C=O) groups excluding carboxylic acids is 2. The van der Waals surface area contributed by atoms with Crippen molar-refractivity contribution in [2.45, 2.75) is 46.2 Å². The highest BCUT2D eigenvalue weighted by Gasteiger charge is 2.20. The fraction of sp³-hybridized carbons (Fsp3) is 0.348. The summed E-state index contributed by atoms with van der Waals surface area (Å²) in [5.74, 6) is -0.919. The minimum Gasteiger partial charge on any atom is -0.352 e. The zero-order valence-corrected chi connectivity index (χ0v) is 18.3.